The molecule has 0 heterocycles. The first-order valence-electron chi connectivity index (χ1n) is 6.47. The van der Waals surface area contributed by atoms with E-state index in [-0.39, 0.29) is 12.2 Å². The van der Waals surface area contributed by atoms with E-state index in [0.717, 1.165) is 17.7 Å². The summed E-state index contributed by atoms with van der Waals surface area (Å²) in [6, 6.07) is 12.8. The Bertz CT molecular complexity index is 609. The van der Waals surface area contributed by atoms with Crippen molar-refractivity contribution in [3.8, 4) is 0 Å². The molecule has 0 aliphatic heterocycles. The van der Waals surface area contributed by atoms with Gasteiger partial charge in [0.2, 0.25) is 0 Å². The third-order valence-electron chi connectivity index (χ3n) is 3.14. The zero-order chi connectivity index (χ0) is 14.5. The summed E-state index contributed by atoms with van der Waals surface area (Å²) in [6.07, 6.45) is 0.964. The van der Waals surface area contributed by atoms with E-state index in [0.29, 0.717) is 5.69 Å². The largest absolute Gasteiger partial charge is 0.350 e. The van der Waals surface area contributed by atoms with Gasteiger partial charge in [-0.3, -0.25) is 10.1 Å². The van der Waals surface area contributed by atoms with Gasteiger partial charge in [0.05, 0.1) is 4.92 Å². The number of nitrogens with zero attached hydrogens (tertiary/aromatic N) is 1. The van der Waals surface area contributed by atoms with Gasteiger partial charge in [0.1, 0.15) is 5.69 Å². The van der Waals surface area contributed by atoms with Crippen LogP contribution in [-0.2, 0) is 13.0 Å². The van der Waals surface area contributed by atoms with E-state index in [4.69, 9.17) is 5.73 Å². The van der Waals surface area contributed by atoms with Crippen molar-refractivity contribution < 1.29 is 4.92 Å². The summed E-state index contributed by atoms with van der Waals surface area (Å²) in [6.45, 7) is 2.37. The molecule has 2 aromatic rings. The van der Waals surface area contributed by atoms with Crippen LogP contribution in [0.25, 0.3) is 0 Å². The number of nitro groups is 1. The average molecular weight is 271 g/mol. The van der Waals surface area contributed by atoms with Gasteiger partial charge in [0.25, 0.3) is 5.69 Å². The highest BCUT2D eigenvalue weighted by Gasteiger charge is 2.14. The topological polar surface area (TPSA) is 81.2 Å². The molecule has 0 aliphatic carbocycles. The maximum atomic E-state index is 11.1. The number of nitro benzene ring substituents is 1. The molecule has 0 amide bonds. The Morgan fingerprint density at radius 1 is 1.15 bits per heavy atom. The monoisotopic (exact) mass is 271 g/mol. The van der Waals surface area contributed by atoms with Gasteiger partial charge in [-0.1, -0.05) is 25.1 Å². The Balaban J connectivity index is 2.29. The van der Waals surface area contributed by atoms with Crippen molar-refractivity contribution >= 4 is 17.1 Å². The Kier molecular flexibility index (Phi) is 4.32. The molecular formula is C15H17N3O2. The van der Waals surface area contributed by atoms with E-state index in [1.54, 1.807) is 12.1 Å². The molecular weight excluding hydrogens is 254 g/mol. The van der Waals surface area contributed by atoms with Crippen molar-refractivity contribution in [2.45, 2.75) is 19.9 Å². The van der Waals surface area contributed by atoms with E-state index in [9.17, 15) is 10.1 Å². The average Bonchev–Trinajstić information content (AvgIpc) is 2.48. The van der Waals surface area contributed by atoms with Crippen LogP contribution in [0.2, 0.25) is 0 Å². The molecule has 3 N–H and O–H groups in total. The van der Waals surface area contributed by atoms with Crippen molar-refractivity contribution in [1.29, 1.82) is 0 Å². The van der Waals surface area contributed by atoms with Gasteiger partial charge in [0.15, 0.2) is 0 Å². The highest BCUT2D eigenvalue weighted by atomic mass is 16.6. The number of nitrogens with two attached hydrogens (primary N) is 1. The number of nitrogens with one attached hydrogen (secondary N) is 1. The molecule has 2 rings (SSSR count). The Labute approximate surface area is 117 Å². The van der Waals surface area contributed by atoms with Gasteiger partial charge in [-0.2, -0.15) is 0 Å². The Morgan fingerprint density at radius 2 is 1.80 bits per heavy atom. The molecule has 5 heteroatoms. The van der Waals surface area contributed by atoms with E-state index in [1.165, 1.54) is 11.6 Å². The molecule has 0 radical (unpaired) electrons. The smallest absolute Gasteiger partial charge is 0.292 e. The fourth-order valence-electron chi connectivity index (χ4n) is 1.94. The quantitative estimate of drug-likeness (QED) is 0.645. The summed E-state index contributed by atoms with van der Waals surface area (Å²) in [5.74, 6) is 0. The van der Waals surface area contributed by atoms with Crippen molar-refractivity contribution in [2.24, 2.45) is 5.73 Å². The Hall–Kier alpha value is -2.40. The normalized spacial score (nSPS) is 10.3. The van der Waals surface area contributed by atoms with E-state index in [2.05, 4.69) is 12.2 Å². The van der Waals surface area contributed by atoms with Crippen LogP contribution >= 0.6 is 0 Å². The zero-order valence-electron chi connectivity index (χ0n) is 11.3. The maximum Gasteiger partial charge on any atom is 0.292 e. The van der Waals surface area contributed by atoms with Crippen LogP contribution in [0.15, 0.2) is 42.5 Å². The summed E-state index contributed by atoms with van der Waals surface area (Å²) in [5.41, 5.74) is 8.80. The molecule has 0 unspecified atom stereocenters. The van der Waals surface area contributed by atoms with Crippen molar-refractivity contribution in [3.63, 3.8) is 0 Å². The molecule has 5 nitrogen and oxygen atoms in total. The molecule has 0 aromatic heterocycles. The minimum absolute atomic E-state index is 0.0347. The highest BCUT2D eigenvalue weighted by Crippen LogP contribution is 2.28. The van der Waals surface area contributed by atoms with Crippen LogP contribution in [0.4, 0.5) is 17.1 Å². The summed E-state index contributed by atoms with van der Waals surface area (Å²) >= 11 is 0. The van der Waals surface area contributed by atoms with Gasteiger partial charge in [0, 0.05) is 18.3 Å². The summed E-state index contributed by atoms with van der Waals surface area (Å²) in [4.78, 5) is 10.7. The molecule has 0 spiro atoms. The lowest BCUT2D eigenvalue weighted by atomic mass is 10.1. The lowest BCUT2D eigenvalue weighted by Gasteiger charge is -2.09. The SMILES string of the molecule is CCc1ccc(Nc2ccc(CN)cc2[N+](=O)[O-])cc1. The Morgan fingerprint density at radius 3 is 2.35 bits per heavy atom. The third-order valence-corrected chi connectivity index (χ3v) is 3.14. The molecule has 0 aliphatic rings. The molecule has 0 saturated heterocycles. The number of rotatable bonds is 5. The maximum absolute atomic E-state index is 11.1. The molecule has 0 bridgehead atoms. The van der Waals surface area contributed by atoms with Crippen LogP contribution in [0.3, 0.4) is 0 Å². The van der Waals surface area contributed by atoms with Gasteiger partial charge in [-0.25, -0.2) is 0 Å². The summed E-state index contributed by atoms with van der Waals surface area (Å²) in [7, 11) is 0. The van der Waals surface area contributed by atoms with Crippen molar-refractivity contribution in [3.05, 3.63) is 63.7 Å². The number of hydrogen-bond donors (Lipinski definition) is 2. The first-order valence-corrected chi connectivity index (χ1v) is 6.47. The second-order valence-electron chi connectivity index (χ2n) is 4.49. The van der Waals surface area contributed by atoms with E-state index >= 15 is 0 Å². The minimum atomic E-state index is -0.401. The molecule has 0 fully saturated rings. The van der Waals surface area contributed by atoms with Crippen molar-refractivity contribution in [1.82, 2.24) is 0 Å². The fourth-order valence-corrected chi connectivity index (χ4v) is 1.94. The fraction of sp³-hybridized carbons (Fsp3) is 0.200. The van der Waals surface area contributed by atoms with Gasteiger partial charge >= 0.3 is 0 Å². The first kappa shape index (κ1) is 14.0. The van der Waals surface area contributed by atoms with Crippen LogP contribution in [-0.4, -0.2) is 4.92 Å². The third kappa shape index (κ3) is 3.13. The van der Waals surface area contributed by atoms with Crippen LogP contribution in [0, 0.1) is 10.1 Å². The second-order valence-corrected chi connectivity index (χ2v) is 4.49. The molecule has 2 aromatic carbocycles. The lowest BCUT2D eigenvalue weighted by Crippen LogP contribution is -2.01. The first-order chi connectivity index (χ1) is 9.63. The van der Waals surface area contributed by atoms with E-state index in [1.807, 2.05) is 24.3 Å². The molecule has 0 saturated carbocycles. The van der Waals surface area contributed by atoms with Gasteiger partial charge < -0.3 is 11.1 Å². The standard InChI is InChI=1S/C15H17N3O2/c1-2-11-3-6-13(7-4-11)17-14-8-5-12(10-16)9-15(14)18(19)20/h3-9,17H,2,10,16H2,1H3. The second kappa shape index (κ2) is 6.16. The number of hydrogen-bond acceptors (Lipinski definition) is 4. The van der Waals surface area contributed by atoms with Crippen LogP contribution < -0.4 is 11.1 Å². The predicted octanol–water partition coefficient (Wildman–Crippen LogP) is 3.36. The van der Waals surface area contributed by atoms with Gasteiger partial charge in [-0.15, -0.1) is 0 Å². The molecule has 104 valence electrons. The summed E-state index contributed by atoms with van der Waals surface area (Å²) in [5, 5.41) is 14.2. The van der Waals surface area contributed by atoms with Gasteiger partial charge in [-0.05, 0) is 35.7 Å². The number of aryl methyl sites for hydroxylation is 1. The molecule has 0 atom stereocenters. The van der Waals surface area contributed by atoms with Crippen LogP contribution in [0.5, 0.6) is 0 Å². The predicted molar refractivity (Wildman–Crippen MR) is 80.1 cm³/mol. The van der Waals surface area contributed by atoms with Crippen LogP contribution in [0.1, 0.15) is 18.1 Å². The zero-order valence-corrected chi connectivity index (χ0v) is 11.3. The highest BCUT2D eigenvalue weighted by molar-refractivity contribution is 5.70. The minimum Gasteiger partial charge on any atom is -0.350 e. The molecule has 20 heavy (non-hydrogen) atoms. The summed E-state index contributed by atoms with van der Waals surface area (Å²) < 4.78 is 0. The lowest BCUT2D eigenvalue weighted by molar-refractivity contribution is -0.384. The van der Waals surface area contributed by atoms with E-state index < -0.39 is 4.92 Å². The number of benzene rings is 2. The van der Waals surface area contributed by atoms with Crippen molar-refractivity contribution in [2.75, 3.05) is 5.32 Å². The number of anilines is 2.